The van der Waals surface area contributed by atoms with Crippen LogP contribution >= 0.6 is 11.8 Å². The summed E-state index contributed by atoms with van der Waals surface area (Å²) in [7, 11) is 0. The molecule has 2 aromatic rings. The van der Waals surface area contributed by atoms with Crippen LogP contribution in [0.2, 0.25) is 0 Å². The Kier molecular flexibility index (Phi) is 3.82. The molecule has 0 unspecified atom stereocenters. The minimum absolute atomic E-state index is 0.551. The number of nitrogens with two attached hydrogens (primary N) is 1. The van der Waals surface area contributed by atoms with Crippen LogP contribution in [-0.4, -0.2) is 31.8 Å². The number of H-pyrrole nitrogens is 1. The van der Waals surface area contributed by atoms with Gasteiger partial charge in [0.05, 0.1) is 16.8 Å². The zero-order valence-electron chi connectivity index (χ0n) is 10.9. The second-order valence-electron chi connectivity index (χ2n) is 4.91. The van der Waals surface area contributed by atoms with Crippen LogP contribution in [0.4, 0.5) is 0 Å². The number of benzene rings is 1. The summed E-state index contributed by atoms with van der Waals surface area (Å²) in [6.07, 6.45) is 0. The summed E-state index contributed by atoms with van der Waals surface area (Å²) in [4.78, 5) is 18.6. The van der Waals surface area contributed by atoms with Gasteiger partial charge in [0, 0.05) is 4.75 Å². The van der Waals surface area contributed by atoms with Crippen molar-refractivity contribution in [3.8, 4) is 0 Å². The second kappa shape index (κ2) is 5.22. The molecule has 0 aliphatic rings. The maximum atomic E-state index is 10.9. The Bertz CT molecular complexity index is 561. The van der Waals surface area contributed by atoms with Crippen LogP contribution in [0, 0.1) is 0 Å². The number of aromatic amines is 1. The fourth-order valence-corrected chi connectivity index (χ4v) is 2.64. The predicted octanol–water partition coefficient (Wildman–Crippen LogP) is 1.99. The highest BCUT2D eigenvalue weighted by atomic mass is 32.2. The van der Waals surface area contributed by atoms with Crippen LogP contribution in [0.5, 0.6) is 0 Å². The number of rotatable bonds is 5. The lowest BCUT2D eigenvalue weighted by molar-refractivity contribution is -0.139. The van der Waals surface area contributed by atoms with Crippen molar-refractivity contribution >= 4 is 28.8 Å². The van der Waals surface area contributed by atoms with Crippen molar-refractivity contribution in [2.45, 2.75) is 30.4 Å². The van der Waals surface area contributed by atoms with Gasteiger partial charge in [0.1, 0.15) is 11.9 Å². The van der Waals surface area contributed by atoms with Gasteiger partial charge in [-0.3, -0.25) is 4.79 Å². The number of thioether (sulfide) groups is 1. The Morgan fingerprint density at radius 3 is 2.84 bits per heavy atom. The zero-order chi connectivity index (χ0) is 14.0. The topological polar surface area (TPSA) is 92.0 Å². The predicted molar refractivity (Wildman–Crippen MR) is 77.1 cm³/mol. The Balaban J connectivity index is 2.07. The van der Waals surface area contributed by atoms with E-state index in [1.165, 1.54) is 11.8 Å². The molecule has 1 heterocycles. The number of carboxylic acid groups (broad SMARTS) is 1. The van der Waals surface area contributed by atoms with Crippen molar-refractivity contribution in [1.82, 2.24) is 9.97 Å². The number of hydrogen-bond acceptors (Lipinski definition) is 4. The molecular weight excluding hydrogens is 262 g/mol. The van der Waals surface area contributed by atoms with E-state index in [0.717, 1.165) is 16.9 Å². The summed E-state index contributed by atoms with van der Waals surface area (Å²) in [5.41, 5.74) is 7.58. The molecular formula is C13H17N3O2S. The van der Waals surface area contributed by atoms with E-state index in [0.29, 0.717) is 5.75 Å². The number of para-hydroxylation sites is 2. The largest absolute Gasteiger partial charge is 0.480 e. The summed E-state index contributed by atoms with van der Waals surface area (Å²) in [5, 5.41) is 8.97. The Morgan fingerprint density at radius 1 is 1.53 bits per heavy atom. The Labute approximate surface area is 115 Å². The van der Waals surface area contributed by atoms with E-state index in [2.05, 4.69) is 9.97 Å². The smallest absolute Gasteiger partial charge is 0.321 e. The summed E-state index contributed by atoms with van der Waals surface area (Å²) < 4.78 is -0.551. The number of aliphatic carboxylic acids is 1. The van der Waals surface area contributed by atoms with Gasteiger partial charge < -0.3 is 15.8 Å². The van der Waals surface area contributed by atoms with Gasteiger partial charge in [0.2, 0.25) is 0 Å². The number of imidazole rings is 1. The van der Waals surface area contributed by atoms with Crippen LogP contribution in [-0.2, 0) is 10.5 Å². The summed E-state index contributed by atoms with van der Waals surface area (Å²) in [6, 6.07) is 6.88. The molecule has 0 fully saturated rings. The van der Waals surface area contributed by atoms with E-state index in [4.69, 9.17) is 10.8 Å². The van der Waals surface area contributed by atoms with E-state index in [1.807, 2.05) is 38.1 Å². The Hall–Kier alpha value is -1.53. The van der Waals surface area contributed by atoms with Crippen molar-refractivity contribution < 1.29 is 9.90 Å². The van der Waals surface area contributed by atoms with E-state index in [9.17, 15) is 4.79 Å². The van der Waals surface area contributed by atoms with Gasteiger partial charge in [-0.05, 0) is 26.0 Å². The molecule has 19 heavy (non-hydrogen) atoms. The SMILES string of the molecule is CC(C)(SCc1nc2ccccc2[nH]1)[C@H](N)C(=O)O. The molecule has 1 aromatic heterocycles. The number of fused-ring (bicyclic) bond motifs is 1. The average Bonchev–Trinajstić information content (AvgIpc) is 2.78. The molecule has 6 heteroatoms. The lowest BCUT2D eigenvalue weighted by atomic mass is 10.1. The first-order valence-electron chi connectivity index (χ1n) is 5.96. The van der Waals surface area contributed by atoms with E-state index in [1.54, 1.807) is 0 Å². The second-order valence-corrected chi connectivity index (χ2v) is 6.54. The van der Waals surface area contributed by atoms with E-state index in [-0.39, 0.29) is 0 Å². The molecule has 0 bridgehead atoms. The molecule has 5 nitrogen and oxygen atoms in total. The first kappa shape index (κ1) is 13.9. The molecule has 4 N–H and O–H groups in total. The molecule has 0 radical (unpaired) electrons. The van der Waals surface area contributed by atoms with Gasteiger partial charge >= 0.3 is 5.97 Å². The van der Waals surface area contributed by atoms with Gasteiger partial charge in [-0.1, -0.05) is 12.1 Å². The van der Waals surface area contributed by atoms with Gasteiger partial charge in [0.25, 0.3) is 0 Å². The molecule has 102 valence electrons. The highest BCUT2D eigenvalue weighted by Crippen LogP contribution is 2.30. The van der Waals surface area contributed by atoms with Crippen molar-refractivity contribution in [1.29, 1.82) is 0 Å². The normalized spacial score (nSPS) is 13.6. The first-order valence-corrected chi connectivity index (χ1v) is 6.94. The molecule has 0 aliphatic carbocycles. The average molecular weight is 279 g/mol. The van der Waals surface area contributed by atoms with Crippen molar-refractivity contribution in [3.05, 3.63) is 30.1 Å². The fraction of sp³-hybridized carbons (Fsp3) is 0.385. The van der Waals surface area contributed by atoms with Crippen LogP contribution < -0.4 is 5.73 Å². The number of nitrogens with zero attached hydrogens (tertiary/aromatic N) is 1. The molecule has 1 aromatic carbocycles. The van der Waals surface area contributed by atoms with E-state index < -0.39 is 16.8 Å². The molecule has 0 saturated carbocycles. The molecule has 0 aliphatic heterocycles. The summed E-state index contributed by atoms with van der Waals surface area (Å²) in [6.45, 7) is 3.66. The van der Waals surface area contributed by atoms with Crippen LogP contribution in [0.3, 0.4) is 0 Å². The minimum Gasteiger partial charge on any atom is -0.480 e. The molecule has 2 rings (SSSR count). The zero-order valence-corrected chi connectivity index (χ0v) is 11.7. The number of aromatic nitrogens is 2. The number of carboxylic acids is 1. The standard InChI is InChI=1S/C13H17N3O2S/c1-13(2,11(14)12(17)18)19-7-10-15-8-5-3-4-6-9(8)16-10/h3-6,11H,7,14H2,1-2H3,(H,15,16)(H,17,18)/t11-/m1/s1. The fourth-order valence-electron chi connectivity index (χ4n) is 1.72. The van der Waals surface area contributed by atoms with Crippen molar-refractivity contribution in [2.75, 3.05) is 0 Å². The summed E-state index contributed by atoms with van der Waals surface area (Å²) >= 11 is 1.48. The molecule has 0 saturated heterocycles. The lowest BCUT2D eigenvalue weighted by Gasteiger charge is -2.27. The highest BCUT2D eigenvalue weighted by molar-refractivity contribution is 7.99. The van der Waals surface area contributed by atoms with Gasteiger partial charge in [-0.15, -0.1) is 11.8 Å². The minimum atomic E-state index is -0.984. The third-order valence-corrected chi connectivity index (χ3v) is 4.45. The first-order chi connectivity index (χ1) is 8.90. The number of hydrogen-bond donors (Lipinski definition) is 3. The van der Waals surface area contributed by atoms with Gasteiger partial charge in [0.15, 0.2) is 0 Å². The monoisotopic (exact) mass is 279 g/mol. The molecule has 0 spiro atoms. The van der Waals surface area contributed by atoms with Crippen LogP contribution in [0.15, 0.2) is 24.3 Å². The third kappa shape index (κ3) is 3.08. The maximum absolute atomic E-state index is 10.9. The van der Waals surface area contributed by atoms with E-state index >= 15 is 0 Å². The van der Waals surface area contributed by atoms with Crippen molar-refractivity contribution in [3.63, 3.8) is 0 Å². The quantitative estimate of drug-likeness (QED) is 0.778. The van der Waals surface area contributed by atoms with Gasteiger partial charge in [-0.25, -0.2) is 4.98 Å². The number of carbonyl (C=O) groups is 1. The third-order valence-electron chi connectivity index (χ3n) is 3.03. The Morgan fingerprint density at radius 2 is 2.21 bits per heavy atom. The molecule has 1 atom stereocenters. The number of nitrogens with one attached hydrogen (secondary N) is 1. The molecule has 0 amide bonds. The highest BCUT2D eigenvalue weighted by Gasteiger charge is 2.32. The maximum Gasteiger partial charge on any atom is 0.321 e. The van der Waals surface area contributed by atoms with Crippen molar-refractivity contribution in [2.24, 2.45) is 5.73 Å². The van der Waals surface area contributed by atoms with Crippen LogP contribution in [0.1, 0.15) is 19.7 Å². The van der Waals surface area contributed by atoms with Gasteiger partial charge in [-0.2, -0.15) is 0 Å². The van der Waals surface area contributed by atoms with Crippen LogP contribution in [0.25, 0.3) is 11.0 Å². The lowest BCUT2D eigenvalue weighted by Crippen LogP contribution is -2.46. The summed E-state index contributed by atoms with van der Waals surface area (Å²) in [5.74, 6) is 0.446.